The summed E-state index contributed by atoms with van der Waals surface area (Å²) in [6.45, 7) is 4.00. The Bertz CT molecular complexity index is 206. The lowest BCUT2D eigenvalue weighted by molar-refractivity contribution is -0.128. The quantitative estimate of drug-likeness (QED) is 0.702. The van der Waals surface area contributed by atoms with Crippen molar-refractivity contribution in [1.29, 1.82) is 0 Å². The van der Waals surface area contributed by atoms with Gasteiger partial charge in [-0.1, -0.05) is 0 Å². The van der Waals surface area contributed by atoms with E-state index in [0.717, 1.165) is 0 Å². The van der Waals surface area contributed by atoms with Gasteiger partial charge in [-0.05, 0) is 13.8 Å². The molecule has 0 heterocycles. The molecule has 1 amide bonds. The van der Waals surface area contributed by atoms with Gasteiger partial charge in [-0.3, -0.25) is 9.00 Å². The molecule has 0 aromatic carbocycles. The SMILES string of the molecule is CS(=O)CCNC(=O)C(C)(C)CCl. The van der Waals surface area contributed by atoms with Gasteiger partial charge < -0.3 is 5.32 Å². The average molecular weight is 226 g/mol. The largest absolute Gasteiger partial charge is 0.355 e. The van der Waals surface area contributed by atoms with E-state index in [9.17, 15) is 9.00 Å². The first-order valence-electron chi connectivity index (χ1n) is 4.04. The second-order valence-electron chi connectivity index (χ2n) is 3.55. The van der Waals surface area contributed by atoms with Crippen molar-refractivity contribution in [1.82, 2.24) is 5.32 Å². The highest BCUT2D eigenvalue weighted by Crippen LogP contribution is 2.16. The summed E-state index contributed by atoms with van der Waals surface area (Å²) < 4.78 is 10.7. The molecule has 0 radical (unpaired) electrons. The van der Waals surface area contributed by atoms with E-state index >= 15 is 0 Å². The zero-order chi connectivity index (χ0) is 10.5. The predicted octanol–water partition coefficient (Wildman–Crippen LogP) is 0.746. The summed E-state index contributed by atoms with van der Waals surface area (Å²) in [5.74, 6) is 0.686. The van der Waals surface area contributed by atoms with E-state index in [-0.39, 0.29) is 11.8 Å². The molecular weight excluding hydrogens is 210 g/mol. The van der Waals surface area contributed by atoms with Crippen LogP contribution >= 0.6 is 11.6 Å². The Kier molecular flexibility index (Phi) is 5.56. The summed E-state index contributed by atoms with van der Waals surface area (Å²) in [6, 6.07) is 0. The molecule has 78 valence electrons. The normalized spacial score (nSPS) is 13.8. The third-order valence-corrected chi connectivity index (χ3v) is 3.07. The average Bonchev–Trinajstić information content (AvgIpc) is 2.03. The van der Waals surface area contributed by atoms with E-state index in [1.54, 1.807) is 20.1 Å². The maximum absolute atomic E-state index is 11.4. The highest BCUT2D eigenvalue weighted by Gasteiger charge is 2.25. The molecule has 0 aromatic heterocycles. The van der Waals surface area contributed by atoms with Gasteiger partial charge >= 0.3 is 0 Å². The van der Waals surface area contributed by atoms with Gasteiger partial charge in [0.1, 0.15) is 0 Å². The van der Waals surface area contributed by atoms with E-state index in [2.05, 4.69) is 5.32 Å². The van der Waals surface area contributed by atoms with Crippen LogP contribution in [-0.4, -0.2) is 34.5 Å². The number of amides is 1. The molecule has 0 rings (SSSR count). The molecule has 0 saturated heterocycles. The van der Waals surface area contributed by atoms with Gasteiger partial charge in [-0.25, -0.2) is 0 Å². The van der Waals surface area contributed by atoms with Gasteiger partial charge in [0.05, 0.1) is 5.41 Å². The molecule has 0 aliphatic heterocycles. The minimum Gasteiger partial charge on any atom is -0.355 e. The van der Waals surface area contributed by atoms with Crippen molar-refractivity contribution in [2.24, 2.45) is 5.41 Å². The molecule has 0 spiro atoms. The van der Waals surface area contributed by atoms with Gasteiger partial charge in [0.25, 0.3) is 0 Å². The number of hydrogen-bond acceptors (Lipinski definition) is 2. The van der Waals surface area contributed by atoms with Crippen molar-refractivity contribution in [3.63, 3.8) is 0 Å². The van der Waals surface area contributed by atoms with E-state index < -0.39 is 16.2 Å². The molecule has 13 heavy (non-hydrogen) atoms. The fourth-order valence-corrected chi connectivity index (χ4v) is 1.12. The van der Waals surface area contributed by atoms with Crippen LogP contribution in [0.1, 0.15) is 13.8 Å². The second-order valence-corrected chi connectivity index (χ2v) is 5.37. The molecule has 0 saturated carbocycles. The predicted molar refractivity (Wildman–Crippen MR) is 56.4 cm³/mol. The van der Waals surface area contributed by atoms with Gasteiger partial charge in [0.2, 0.25) is 5.91 Å². The van der Waals surface area contributed by atoms with Crippen molar-refractivity contribution in [2.45, 2.75) is 13.8 Å². The fraction of sp³-hybridized carbons (Fsp3) is 0.875. The van der Waals surface area contributed by atoms with E-state index in [1.165, 1.54) is 0 Å². The van der Waals surface area contributed by atoms with Gasteiger partial charge in [-0.15, -0.1) is 11.6 Å². The van der Waals surface area contributed by atoms with Crippen molar-refractivity contribution >= 4 is 28.3 Å². The van der Waals surface area contributed by atoms with E-state index in [4.69, 9.17) is 11.6 Å². The van der Waals surface area contributed by atoms with Crippen LogP contribution in [0.15, 0.2) is 0 Å². The van der Waals surface area contributed by atoms with E-state index in [1.807, 2.05) is 0 Å². The molecule has 1 unspecified atom stereocenters. The first kappa shape index (κ1) is 12.9. The molecule has 0 aliphatic rings. The van der Waals surface area contributed by atoms with Crippen LogP contribution in [0.2, 0.25) is 0 Å². The lowest BCUT2D eigenvalue weighted by atomic mass is 9.95. The Morgan fingerprint density at radius 1 is 1.54 bits per heavy atom. The van der Waals surface area contributed by atoms with Gasteiger partial charge in [-0.2, -0.15) is 0 Å². The fourth-order valence-electron chi connectivity index (χ4n) is 0.608. The summed E-state index contributed by atoms with van der Waals surface area (Å²) in [7, 11) is -0.858. The molecule has 5 heteroatoms. The smallest absolute Gasteiger partial charge is 0.226 e. The molecule has 1 N–H and O–H groups in total. The van der Waals surface area contributed by atoms with Gasteiger partial charge in [0, 0.05) is 35.2 Å². The molecule has 0 bridgehead atoms. The Morgan fingerprint density at radius 2 is 2.08 bits per heavy atom. The molecular formula is C8H16ClNO2S. The Morgan fingerprint density at radius 3 is 2.46 bits per heavy atom. The molecule has 0 fully saturated rings. The first-order valence-corrected chi connectivity index (χ1v) is 6.30. The van der Waals surface area contributed by atoms with Crippen LogP contribution in [0.3, 0.4) is 0 Å². The van der Waals surface area contributed by atoms with Crippen LogP contribution in [0.25, 0.3) is 0 Å². The third-order valence-electron chi connectivity index (χ3n) is 1.62. The maximum Gasteiger partial charge on any atom is 0.226 e. The number of nitrogens with one attached hydrogen (secondary N) is 1. The van der Waals surface area contributed by atoms with Crippen molar-refractivity contribution in [2.75, 3.05) is 24.4 Å². The number of carbonyl (C=O) groups is 1. The summed E-state index contributed by atoms with van der Waals surface area (Å²) in [6.07, 6.45) is 1.61. The van der Waals surface area contributed by atoms with Crippen LogP contribution < -0.4 is 5.32 Å². The highest BCUT2D eigenvalue weighted by atomic mass is 35.5. The lowest BCUT2D eigenvalue weighted by Crippen LogP contribution is -2.39. The van der Waals surface area contributed by atoms with Crippen LogP contribution in [0.5, 0.6) is 0 Å². The third kappa shape index (κ3) is 5.26. The zero-order valence-electron chi connectivity index (χ0n) is 8.22. The summed E-state index contributed by atoms with van der Waals surface area (Å²) in [4.78, 5) is 11.4. The molecule has 1 atom stereocenters. The Labute approximate surface area is 86.7 Å². The minimum atomic E-state index is -0.858. The Hall–Kier alpha value is -0.0900. The number of alkyl halides is 1. The Balaban J connectivity index is 3.81. The summed E-state index contributed by atoms with van der Waals surface area (Å²) >= 11 is 5.61. The van der Waals surface area contributed by atoms with Gasteiger partial charge in [0.15, 0.2) is 0 Å². The monoisotopic (exact) mass is 225 g/mol. The molecule has 3 nitrogen and oxygen atoms in total. The number of rotatable bonds is 5. The zero-order valence-corrected chi connectivity index (χ0v) is 9.80. The van der Waals surface area contributed by atoms with Crippen molar-refractivity contribution in [3.8, 4) is 0 Å². The maximum atomic E-state index is 11.4. The number of carbonyl (C=O) groups excluding carboxylic acids is 1. The van der Waals surface area contributed by atoms with Crippen LogP contribution in [-0.2, 0) is 15.6 Å². The van der Waals surface area contributed by atoms with Crippen LogP contribution in [0, 0.1) is 5.41 Å². The van der Waals surface area contributed by atoms with Crippen LogP contribution in [0.4, 0.5) is 0 Å². The molecule has 0 aromatic rings. The van der Waals surface area contributed by atoms with Crippen molar-refractivity contribution in [3.05, 3.63) is 0 Å². The van der Waals surface area contributed by atoms with E-state index in [0.29, 0.717) is 12.3 Å². The summed E-state index contributed by atoms with van der Waals surface area (Å²) in [5.41, 5.74) is -0.545. The first-order chi connectivity index (χ1) is 5.90. The minimum absolute atomic E-state index is 0.0899. The number of halogens is 1. The highest BCUT2D eigenvalue weighted by molar-refractivity contribution is 7.84. The van der Waals surface area contributed by atoms with Crippen molar-refractivity contribution < 1.29 is 9.00 Å². The topological polar surface area (TPSA) is 46.2 Å². The number of hydrogen-bond donors (Lipinski definition) is 1. The summed E-state index contributed by atoms with van der Waals surface area (Å²) in [5, 5.41) is 2.69. The lowest BCUT2D eigenvalue weighted by Gasteiger charge is -2.19. The second kappa shape index (κ2) is 5.60. The standard InChI is InChI=1S/C8H16ClNO2S/c1-8(2,6-9)7(11)10-4-5-13(3)12/h4-6H2,1-3H3,(H,10,11). The molecule has 0 aliphatic carbocycles.